The molecule has 0 fully saturated rings. The minimum absolute atomic E-state index is 0.0763. The molecule has 128 valence electrons. The number of nitrogens with zero attached hydrogens (tertiary/aromatic N) is 1. The number of carbonyl (C=O) groups excluding carboxylic acids is 1. The Morgan fingerprint density at radius 2 is 1.96 bits per heavy atom. The van der Waals surface area contributed by atoms with E-state index in [4.69, 9.17) is 4.74 Å². The average Bonchev–Trinajstić information content (AvgIpc) is 3.06. The molecule has 0 unspecified atom stereocenters. The summed E-state index contributed by atoms with van der Waals surface area (Å²) in [4.78, 5) is 28.3. The fraction of sp³-hybridized carbons (Fsp3) is 0.143. The van der Waals surface area contributed by atoms with Crippen LogP contribution in [0.5, 0.6) is 0 Å². The van der Waals surface area contributed by atoms with Crippen LogP contribution in [0.2, 0.25) is 0 Å². The van der Waals surface area contributed by atoms with Crippen molar-refractivity contribution in [1.82, 2.24) is 9.55 Å². The summed E-state index contributed by atoms with van der Waals surface area (Å²) in [5.41, 5.74) is 4.55. The van der Waals surface area contributed by atoms with Crippen molar-refractivity contribution in [1.29, 1.82) is 0 Å². The second kappa shape index (κ2) is 5.33. The van der Waals surface area contributed by atoms with E-state index in [9.17, 15) is 9.59 Å². The number of para-hydroxylation sites is 1. The number of benzene rings is 2. The maximum absolute atomic E-state index is 13.1. The van der Waals surface area contributed by atoms with Gasteiger partial charge in [-0.15, -0.1) is 0 Å². The molecule has 0 atom stereocenters. The quantitative estimate of drug-likeness (QED) is 0.538. The van der Waals surface area contributed by atoms with E-state index in [1.807, 2.05) is 18.2 Å². The predicted molar refractivity (Wildman–Crippen MR) is 101 cm³/mol. The maximum Gasteiger partial charge on any atom is 0.337 e. The number of rotatable bonds is 1. The Morgan fingerprint density at radius 1 is 1.12 bits per heavy atom. The summed E-state index contributed by atoms with van der Waals surface area (Å²) in [6.45, 7) is 0.626. The molecule has 4 aromatic rings. The predicted octanol–water partition coefficient (Wildman–Crippen LogP) is 3.49. The molecule has 0 amide bonds. The van der Waals surface area contributed by atoms with Gasteiger partial charge < -0.3 is 14.3 Å². The Bertz CT molecular complexity index is 1260. The van der Waals surface area contributed by atoms with Gasteiger partial charge in [0.1, 0.15) is 0 Å². The molecule has 1 aliphatic heterocycles. The Kier molecular flexibility index (Phi) is 3.06. The molecule has 5 nitrogen and oxygen atoms in total. The highest BCUT2D eigenvalue weighted by atomic mass is 16.5. The number of aromatic amines is 1. The first-order valence-corrected chi connectivity index (χ1v) is 8.53. The molecule has 5 rings (SSSR count). The maximum atomic E-state index is 13.1. The summed E-state index contributed by atoms with van der Waals surface area (Å²) in [5, 5.41) is 2.57. The normalized spacial score (nSPS) is 12.8. The van der Waals surface area contributed by atoms with Gasteiger partial charge >= 0.3 is 5.97 Å². The topological polar surface area (TPSA) is 64.1 Å². The number of esters is 1. The van der Waals surface area contributed by atoms with Gasteiger partial charge in [0.05, 0.1) is 24.1 Å². The molecule has 1 aliphatic rings. The summed E-state index contributed by atoms with van der Waals surface area (Å²) in [5.74, 6) is -0.438. The van der Waals surface area contributed by atoms with Gasteiger partial charge in [0.25, 0.3) is 5.56 Å². The third-order valence-electron chi connectivity index (χ3n) is 5.19. The highest BCUT2D eigenvalue weighted by molar-refractivity contribution is 5.97. The van der Waals surface area contributed by atoms with Crippen molar-refractivity contribution in [2.45, 2.75) is 13.0 Å². The van der Waals surface area contributed by atoms with Crippen LogP contribution in [-0.4, -0.2) is 22.6 Å². The van der Waals surface area contributed by atoms with Crippen molar-refractivity contribution in [2.24, 2.45) is 0 Å². The number of carbonyl (C=O) groups is 1. The molecule has 3 heterocycles. The van der Waals surface area contributed by atoms with Crippen LogP contribution in [0.15, 0.2) is 53.3 Å². The van der Waals surface area contributed by atoms with Crippen molar-refractivity contribution in [2.75, 3.05) is 7.11 Å². The van der Waals surface area contributed by atoms with E-state index in [0.29, 0.717) is 17.5 Å². The van der Waals surface area contributed by atoms with E-state index in [1.54, 1.807) is 22.8 Å². The number of hydrogen-bond acceptors (Lipinski definition) is 3. The van der Waals surface area contributed by atoms with Gasteiger partial charge in [-0.1, -0.05) is 24.3 Å². The van der Waals surface area contributed by atoms with Gasteiger partial charge in [-0.05, 0) is 41.6 Å². The highest BCUT2D eigenvalue weighted by Gasteiger charge is 2.22. The molecular weight excluding hydrogens is 328 g/mol. The molecule has 0 bridgehead atoms. The Hall–Kier alpha value is -3.34. The summed E-state index contributed by atoms with van der Waals surface area (Å²) >= 11 is 0. The van der Waals surface area contributed by atoms with Crippen LogP contribution in [0.3, 0.4) is 0 Å². The molecule has 2 aromatic heterocycles. The van der Waals surface area contributed by atoms with Gasteiger partial charge in [0.15, 0.2) is 0 Å². The van der Waals surface area contributed by atoms with Crippen LogP contribution in [0.4, 0.5) is 0 Å². The van der Waals surface area contributed by atoms with Crippen LogP contribution in [0.25, 0.3) is 33.1 Å². The van der Waals surface area contributed by atoms with Gasteiger partial charge in [-0.2, -0.15) is 0 Å². The minimum atomic E-state index is -0.438. The first kappa shape index (κ1) is 15.0. The lowest BCUT2D eigenvalue weighted by molar-refractivity contribution is 0.0601. The highest BCUT2D eigenvalue weighted by Crippen LogP contribution is 2.34. The fourth-order valence-electron chi connectivity index (χ4n) is 3.92. The van der Waals surface area contributed by atoms with Crippen LogP contribution in [0, 0.1) is 0 Å². The molecule has 0 saturated heterocycles. The molecule has 0 spiro atoms. The standard InChI is InChI=1S/C21H16N2O3/c1-26-21(25)13-7-6-12-11-18-19-15(14-4-2-3-5-17(14)22-19)8-9-23(18)20(24)16(12)10-13/h2-7,10-11,22H,8-9H2,1H3. The minimum Gasteiger partial charge on any atom is -0.465 e. The molecule has 26 heavy (non-hydrogen) atoms. The molecule has 0 radical (unpaired) electrons. The number of aromatic nitrogens is 2. The van der Waals surface area contributed by atoms with Crippen LogP contribution in [-0.2, 0) is 17.7 Å². The number of fused-ring (bicyclic) bond motifs is 6. The van der Waals surface area contributed by atoms with E-state index < -0.39 is 5.97 Å². The molecule has 1 N–H and O–H groups in total. The summed E-state index contributed by atoms with van der Waals surface area (Å²) < 4.78 is 6.56. The van der Waals surface area contributed by atoms with E-state index in [0.717, 1.165) is 28.7 Å². The molecule has 2 aromatic carbocycles. The van der Waals surface area contributed by atoms with Crippen LogP contribution in [0.1, 0.15) is 15.9 Å². The number of pyridine rings is 1. The van der Waals surface area contributed by atoms with Crippen molar-refractivity contribution in [3.63, 3.8) is 0 Å². The number of aryl methyl sites for hydroxylation is 1. The zero-order valence-corrected chi connectivity index (χ0v) is 14.2. The average molecular weight is 344 g/mol. The SMILES string of the molecule is COC(=O)c1ccc2cc3n(c(=O)c2c1)CCc1c-3[nH]c2ccccc12. The first-order chi connectivity index (χ1) is 12.7. The Labute approximate surface area is 148 Å². The zero-order chi connectivity index (χ0) is 17.8. The number of hydrogen-bond donors (Lipinski definition) is 1. The van der Waals surface area contributed by atoms with Gasteiger partial charge in [-0.3, -0.25) is 4.79 Å². The first-order valence-electron chi connectivity index (χ1n) is 8.53. The second-order valence-corrected chi connectivity index (χ2v) is 6.55. The van der Waals surface area contributed by atoms with Crippen molar-refractivity contribution < 1.29 is 9.53 Å². The van der Waals surface area contributed by atoms with E-state index >= 15 is 0 Å². The number of nitrogens with one attached hydrogen (secondary N) is 1. The number of ether oxygens (including phenoxy) is 1. The zero-order valence-electron chi connectivity index (χ0n) is 14.2. The molecule has 0 aliphatic carbocycles. The van der Waals surface area contributed by atoms with Crippen LogP contribution >= 0.6 is 0 Å². The smallest absolute Gasteiger partial charge is 0.337 e. The lowest BCUT2D eigenvalue weighted by atomic mass is 9.99. The summed E-state index contributed by atoms with van der Waals surface area (Å²) in [6, 6.07) is 15.4. The molecule has 0 saturated carbocycles. The van der Waals surface area contributed by atoms with E-state index in [-0.39, 0.29) is 5.56 Å². The van der Waals surface area contributed by atoms with Gasteiger partial charge in [0.2, 0.25) is 0 Å². The fourth-order valence-corrected chi connectivity index (χ4v) is 3.92. The number of methoxy groups -OCH3 is 1. The van der Waals surface area contributed by atoms with E-state index in [1.165, 1.54) is 18.1 Å². The summed E-state index contributed by atoms with van der Waals surface area (Å²) in [6.07, 6.45) is 0.800. The van der Waals surface area contributed by atoms with Gasteiger partial charge in [-0.25, -0.2) is 4.79 Å². The van der Waals surface area contributed by atoms with Crippen molar-refractivity contribution in [3.05, 3.63) is 70.0 Å². The number of H-pyrrole nitrogens is 1. The van der Waals surface area contributed by atoms with Crippen molar-refractivity contribution in [3.8, 4) is 11.4 Å². The second-order valence-electron chi connectivity index (χ2n) is 6.55. The van der Waals surface area contributed by atoms with Gasteiger partial charge in [0, 0.05) is 22.8 Å². The third-order valence-corrected chi connectivity index (χ3v) is 5.19. The Balaban J connectivity index is 1.80. The third kappa shape index (κ3) is 1.97. The van der Waals surface area contributed by atoms with Crippen molar-refractivity contribution >= 4 is 27.6 Å². The Morgan fingerprint density at radius 3 is 2.81 bits per heavy atom. The lowest BCUT2D eigenvalue weighted by Gasteiger charge is -2.20. The monoisotopic (exact) mass is 344 g/mol. The largest absolute Gasteiger partial charge is 0.465 e. The molecule has 5 heteroatoms. The van der Waals surface area contributed by atoms with E-state index in [2.05, 4.69) is 17.1 Å². The summed E-state index contributed by atoms with van der Waals surface area (Å²) in [7, 11) is 1.34. The molecular formula is C21H16N2O3. The lowest BCUT2D eigenvalue weighted by Crippen LogP contribution is -2.26. The van der Waals surface area contributed by atoms with Crippen LogP contribution < -0.4 is 5.56 Å².